The van der Waals surface area contributed by atoms with Gasteiger partial charge in [0.1, 0.15) is 0 Å². The number of hydrogen-bond acceptors (Lipinski definition) is 4. The van der Waals surface area contributed by atoms with E-state index in [1.54, 1.807) is 0 Å². The Morgan fingerprint density at radius 1 is 1.21 bits per heavy atom. The Labute approximate surface area is 154 Å². The molecule has 0 radical (unpaired) electrons. The number of hydrogen-bond donors (Lipinski definition) is 0. The molecule has 1 amide bonds. The van der Waals surface area contributed by atoms with Crippen LogP contribution in [0.3, 0.4) is 0 Å². The van der Waals surface area contributed by atoms with Crippen LogP contribution in [0.2, 0.25) is 0 Å². The number of aryl methyl sites for hydroxylation is 1. The second-order valence-electron chi connectivity index (χ2n) is 5.14. The van der Waals surface area contributed by atoms with E-state index in [1.165, 1.54) is 22.7 Å². The zero-order chi connectivity index (χ0) is 16.7. The van der Waals surface area contributed by atoms with E-state index >= 15 is 0 Å². The van der Waals surface area contributed by atoms with Crippen LogP contribution in [0.5, 0.6) is 0 Å². The molecule has 0 unspecified atom stereocenters. The van der Waals surface area contributed by atoms with Gasteiger partial charge in [-0.15, -0.1) is 11.3 Å². The lowest BCUT2D eigenvalue weighted by Crippen LogP contribution is -2.15. The normalized spacial score (nSPS) is 12.3. The number of rotatable bonds is 2. The fourth-order valence-electron chi connectivity index (χ4n) is 2.54. The summed E-state index contributed by atoms with van der Waals surface area (Å²) in [5, 5.41) is 0.428. The minimum absolute atomic E-state index is 0.288. The Kier molecular flexibility index (Phi) is 4.07. The SMILES string of the molecule is CCn1c(=NC(=O)c2nc3ccccc3s2)sc2cc(Br)ccc21. The molecule has 4 nitrogen and oxygen atoms in total. The number of halogens is 1. The number of nitrogens with zero attached hydrogens (tertiary/aromatic N) is 3. The first-order valence-corrected chi connectivity index (χ1v) is 9.82. The highest BCUT2D eigenvalue weighted by atomic mass is 79.9. The molecule has 0 saturated carbocycles. The van der Waals surface area contributed by atoms with Crippen molar-refractivity contribution in [2.24, 2.45) is 4.99 Å². The van der Waals surface area contributed by atoms with Crippen LogP contribution >= 0.6 is 38.6 Å². The summed E-state index contributed by atoms with van der Waals surface area (Å²) < 4.78 is 5.17. The molecule has 0 N–H and O–H groups in total. The third kappa shape index (κ3) is 2.72. The van der Waals surface area contributed by atoms with Crippen molar-refractivity contribution in [2.45, 2.75) is 13.5 Å². The third-order valence-corrected chi connectivity index (χ3v) is 6.19. The molecule has 7 heteroatoms. The van der Waals surface area contributed by atoms with E-state index in [1.807, 2.05) is 42.5 Å². The van der Waals surface area contributed by atoms with Crippen molar-refractivity contribution in [3.63, 3.8) is 0 Å². The maximum Gasteiger partial charge on any atom is 0.308 e. The monoisotopic (exact) mass is 417 g/mol. The zero-order valence-electron chi connectivity index (χ0n) is 12.7. The molecule has 0 aliphatic carbocycles. The highest BCUT2D eigenvalue weighted by Gasteiger charge is 2.13. The van der Waals surface area contributed by atoms with E-state index in [0.717, 1.165) is 31.5 Å². The van der Waals surface area contributed by atoms with Crippen molar-refractivity contribution in [3.05, 3.63) is 56.7 Å². The molecule has 0 atom stereocenters. The summed E-state index contributed by atoms with van der Waals surface area (Å²) in [5.41, 5.74) is 1.92. The van der Waals surface area contributed by atoms with Crippen LogP contribution in [0, 0.1) is 0 Å². The zero-order valence-corrected chi connectivity index (χ0v) is 15.9. The maximum atomic E-state index is 12.6. The number of para-hydroxylation sites is 1. The molecule has 4 rings (SSSR count). The molecule has 0 aliphatic heterocycles. The van der Waals surface area contributed by atoms with E-state index in [4.69, 9.17) is 0 Å². The largest absolute Gasteiger partial charge is 0.317 e. The molecule has 0 spiro atoms. The van der Waals surface area contributed by atoms with Crippen LogP contribution < -0.4 is 4.80 Å². The lowest BCUT2D eigenvalue weighted by atomic mass is 10.3. The molecule has 0 aliphatic rings. The first kappa shape index (κ1) is 15.7. The average molecular weight is 418 g/mol. The maximum absolute atomic E-state index is 12.6. The van der Waals surface area contributed by atoms with Crippen molar-refractivity contribution in [1.29, 1.82) is 0 Å². The van der Waals surface area contributed by atoms with E-state index in [-0.39, 0.29) is 5.91 Å². The molecule has 2 heterocycles. The van der Waals surface area contributed by atoms with Crippen LogP contribution in [0.4, 0.5) is 0 Å². The van der Waals surface area contributed by atoms with Crippen LogP contribution in [-0.4, -0.2) is 15.5 Å². The predicted molar refractivity (Wildman–Crippen MR) is 103 cm³/mol. The van der Waals surface area contributed by atoms with Crippen LogP contribution in [0.25, 0.3) is 20.4 Å². The quantitative estimate of drug-likeness (QED) is 0.468. The Balaban J connectivity index is 1.84. The van der Waals surface area contributed by atoms with E-state index in [0.29, 0.717) is 9.81 Å². The Hall–Kier alpha value is -1.83. The van der Waals surface area contributed by atoms with Crippen LogP contribution in [-0.2, 0) is 6.54 Å². The van der Waals surface area contributed by atoms with Gasteiger partial charge < -0.3 is 4.57 Å². The molecule has 0 bridgehead atoms. The van der Waals surface area contributed by atoms with Gasteiger partial charge >= 0.3 is 5.91 Å². The first-order chi connectivity index (χ1) is 11.7. The van der Waals surface area contributed by atoms with Crippen molar-refractivity contribution in [3.8, 4) is 0 Å². The summed E-state index contributed by atoms with van der Waals surface area (Å²) in [6, 6.07) is 13.8. The minimum Gasteiger partial charge on any atom is -0.317 e. The van der Waals surface area contributed by atoms with Gasteiger partial charge in [-0.2, -0.15) is 4.99 Å². The number of aromatic nitrogens is 2. The van der Waals surface area contributed by atoms with Crippen molar-refractivity contribution in [1.82, 2.24) is 9.55 Å². The Morgan fingerprint density at radius 3 is 2.83 bits per heavy atom. The standard InChI is InChI=1S/C17H12BrN3OS2/c1-2-21-12-8-7-10(18)9-14(12)24-17(21)20-15(22)16-19-11-5-3-4-6-13(11)23-16/h3-9H,2H2,1H3. The highest BCUT2D eigenvalue weighted by Crippen LogP contribution is 2.24. The van der Waals surface area contributed by atoms with E-state index in [2.05, 4.69) is 37.4 Å². The molecule has 0 fully saturated rings. The molecule has 0 saturated heterocycles. The number of fused-ring (bicyclic) bond motifs is 2. The van der Waals surface area contributed by atoms with Gasteiger partial charge in [-0.05, 0) is 37.3 Å². The summed E-state index contributed by atoms with van der Waals surface area (Å²) in [6.07, 6.45) is 0. The highest BCUT2D eigenvalue weighted by molar-refractivity contribution is 9.10. The molecular formula is C17H12BrN3OS2. The average Bonchev–Trinajstić information content (AvgIpc) is 3.14. The molecule has 120 valence electrons. The summed E-state index contributed by atoms with van der Waals surface area (Å²) >= 11 is 6.38. The van der Waals surface area contributed by atoms with E-state index < -0.39 is 0 Å². The fourth-order valence-corrected chi connectivity index (χ4v) is 5.03. The van der Waals surface area contributed by atoms with Gasteiger partial charge in [0, 0.05) is 11.0 Å². The van der Waals surface area contributed by atoms with Gasteiger partial charge in [-0.25, -0.2) is 4.98 Å². The lowest BCUT2D eigenvalue weighted by Gasteiger charge is -1.99. The Bertz CT molecular complexity index is 1110. The van der Waals surface area contributed by atoms with Crippen molar-refractivity contribution in [2.75, 3.05) is 0 Å². The van der Waals surface area contributed by atoms with Crippen molar-refractivity contribution >= 4 is 64.9 Å². The molecule has 4 aromatic rings. The predicted octanol–water partition coefficient (Wildman–Crippen LogP) is 4.84. The number of carbonyl (C=O) groups is 1. The second kappa shape index (κ2) is 6.23. The third-order valence-electron chi connectivity index (χ3n) is 3.64. The van der Waals surface area contributed by atoms with Gasteiger partial charge in [0.25, 0.3) is 0 Å². The topological polar surface area (TPSA) is 47.2 Å². The minimum atomic E-state index is -0.288. The van der Waals surface area contributed by atoms with E-state index in [9.17, 15) is 4.79 Å². The first-order valence-electron chi connectivity index (χ1n) is 7.39. The van der Waals surface area contributed by atoms with Gasteiger partial charge in [0.05, 0.1) is 20.4 Å². The smallest absolute Gasteiger partial charge is 0.308 e. The molecule has 24 heavy (non-hydrogen) atoms. The number of benzene rings is 2. The number of thiazole rings is 2. The van der Waals surface area contributed by atoms with Crippen LogP contribution in [0.1, 0.15) is 16.7 Å². The van der Waals surface area contributed by atoms with Gasteiger partial charge in [0.15, 0.2) is 9.81 Å². The molecule has 2 aromatic heterocycles. The second-order valence-corrected chi connectivity index (χ2v) is 8.10. The van der Waals surface area contributed by atoms with Crippen molar-refractivity contribution < 1.29 is 4.79 Å². The molecule has 2 aromatic carbocycles. The fraction of sp³-hybridized carbons (Fsp3) is 0.118. The lowest BCUT2D eigenvalue weighted by molar-refractivity contribution is 0.0997. The van der Waals surface area contributed by atoms with Gasteiger partial charge in [0.2, 0.25) is 0 Å². The summed E-state index contributed by atoms with van der Waals surface area (Å²) in [6.45, 7) is 2.81. The summed E-state index contributed by atoms with van der Waals surface area (Å²) in [5.74, 6) is -0.288. The number of amides is 1. The van der Waals surface area contributed by atoms with Gasteiger partial charge in [-0.3, -0.25) is 4.79 Å². The Morgan fingerprint density at radius 2 is 2.04 bits per heavy atom. The van der Waals surface area contributed by atoms with Crippen LogP contribution in [0.15, 0.2) is 51.9 Å². The number of carbonyl (C=O) groups excluding carboxylic acids is 1. The summed E-state index contributed by atoms with van der Waals surface area (Å²) in [7, 11) is 0. The van der Waals surface area contributed by atoms with Gasteiger partial charge in [-0.1, -0.05) is 39.4 Å². The summed E-state index contributed by atoms with van der Waals surface area (Å²) in [4.78, 5) is 22.0. The molecular weight excluding hydrogens is 406 g/mol.